The zero-order valence-corrected chi connectivity index (χ0v) is 10.3. The van der Waals surface area contributed by atoms with E-state index in [4.69, 9.17) is 0 Å². The van der Waals surface area contributed by atoms with Gasteiger partial charge in [0.05, 0.1) is 0 Å². The van der Waals surface area contributed by atoms with Gasteiger partial charge in [-0.3, -0.25) is 0 Å². The predicted molar refractivity (Wildman–Crippen MR) is 49.3 cm³/mol. The summed E-state index contributed by atoms with van der Waals surface area (Å²) in [6, 6.07) is 4.45. The van der Waals surface area contributed by atoms with Gasteiger partial charge in [-0.1, -0.05) is 0 Å². The van der Waals surface area contributed by atoms with Crippen LogP contribution in [0.1, 0.15) is 0 Å². The van der Waals surface area contributed by atoms with Gasteiger partial charge in [-0.05, 0) is 0 Å². The maximum absolute atomic E-state index is 13.2. The molecule has 0 aliphatic carbocycles. The molecule has 66 valence electrons. The van der Waals surface area contributed by atoms with E-state index >= 15 is 0 Å². The summed E-state index contributed by atoms with van der Waals surface area (Å²) >= 11 is -2.43. The average molecular weight is 277 g/mol. The summed E-state index contributed by atoms with van der Waals surface area (Å²) in [5.41, 5.74) is 0. The van der Waals surface area contributed by atoms with E-state index in [-0.39, 0.29) is 0 Å². The second-order valence-electron chi connectivity index (χ2n) is 3.85. The summed E-state index contributed by atoms with van der Waals surface area (Å²) in [4.78, 5) is 6.19. The number of hydrogen-bond donors (Lipinski definition) is 0. The Hall–Kier alpha value is -0.121. The van der Waals surface area contributed by atoms with Crippen LogP contribution in [0.4, 0.5) is 8.78 Å². The zero-order valence-electron chi connectivity index (χ0n) is 7.49. The molecule has 0 nitrogen and oxygen atoms in total. The summed E-state index contributed by atoms with van der Waals surface area (Å²) in [5, 5.41) is 0. The third-order valence-electron chi connectivity index (χ3n) is 1.76. The molecule has 0 unspecified atom stereocenters. The van der Waals surface area contributed by atoms with Crippen molar-refractivity contribution in [2.45, 2.75) is 14.8 Å². The molecule has 0 radical (unpaired) electrons. The van der Waals surface area contributed by atoms with Crippen LogP contribution in [0.15, 0.2) is 18.2 Å². The molecule has 0 heterocycles. The number of benzene rings is 1. The van der Waals surface area contributed by atoms with E-state index in [0.717, 1.165) is 6.07 Å². The molecule has 0 aromatic heterocycles. The Labute approximate surface area is 75.5 Å². The van der Waals surface area contributed by atoms with Crippen molar-refractivity contribution in [3.8, 4) is 0 Å². The fourth-order valence-corrected chi connectivity index (χ4v) is 5.00. The van der Waals surface area contributed by atoms with Crippen LogP contribution in [-0.2, 0) is 0 Å². The molecule has 0 spiro atoms. The topological polar surface area (TPSA) is 0 Å². The molecule has 0 bridgehead atoms. The molecular weight excluding hydrogens is 265 g/mol. The van der Waals surface area contributed by atoms with Gasteiger partial charge >= 0.3 is 75.4 Å². The normalized spacial score (nSPS) is 11.8. The van der Waals surface area contributed by atoms with Crippen LogP contribution in [0.3, 0.4) is 0 Å². The summed E-state index contributed by atoms with van der Waals surface area (Å²) in [7, 11) is 0. The Morgan fingerprint density at radius 2 is 1.67 bits per heavy atom. The van der Waals surface area contributed by atoms with E-state index in [1.807, 2.05) is 0 Å². The molecule has 0 N–H and O–H groups in total. The second-order valence-corrected chi connectivity index (χ2v) is 18.2. The van der Waals surface area contributed by atoms with Crippen molar-refractivity contribution in [1.29, 1.82) is 0 Å². The Kier molecular flexibility index (Phi) is 2.76. The molecule has 1 aromatic carbocycles. The van der Waals surface area contributed by atoms with Crippen LogP contribution in [0.25, 0.3) is 0 Å². The van der Waals surface area contributed by atoms with Crippen molar-refractivity contribution in [3.63, 3.8) is 0 Å². The Balaban J connectivity index is 3.26. The van der Waals surface area contributed by atoms with Crippen molar-refractivity contribution in [3.05, 3.63) is 29.8 Å². The quantitative estimate of drug-likeness (QED) is 0.692. The molecule has 0 aliphatic rings. The number of hydrogen-bond acceptors (Lipinski definition) is 0. The first-order chi connectivity index (χ1) is 5.43. The number of halogens is 2. The van der Waals surface area contributed by atoms with Gasteiger partial charge in [0.25, 0.3) is 0 Å². The summed E-state index contributed by atoms with van der Waals surface area (Å²) < 4.78 is 26.6. The summed E-state index contributed by atoms with van der Waals surface area (Å²) in [5.74, 6) is -1.36. The Bertz CT molecular complexity index is 289. The predicted octanol–water partition coefficient (Wildman–Crippen LogP) is 2.51. The van der Waals surface area contributed by atoms with Crippen LogP contribution >= 0.6 is 0 Å². The third kappa shape index (κ3) is 1.97. The van der Waals surface area contributed by atoms with Gasteiger partial charge in [-0.25, -0.2) is 0 Å². The minimum absolute atomic E-state index is 0.629. The van der Waals surface area contributed by atoms with E-state index in [9.17, 15) is 8.78 Å². The van der Waals surface area contributed by atoms with Gasteiger partial charge in [0.15, 0.2) is 0 Å². The minimum atomic E-state index is -2.43. The molecular formula is C9H12F2Sn. The van der Waals surface area contributed by atoms with Gasteiger partial charge in [0.1, 0.15) is 0 Å². The first kappa shape index (κ1) is 9.96. The van der Waals surface area contributed by atoms with Gasteiger partial charge in [-0.15, -0.1) is 0 Å². The molecule has 0 saturated carbocycles. The molecule has 0 aliphatic heterocycles. The molecule has 0 saturated heterocycles. The van der Waals surface area contributed by atoms with E-state index < -0.39 is 30.0 Å². The molecule has 0 atom stereocenters. The molecule has 1 rings (SSSR count). The van der Waals surface area contributed by atoms with Crippen molar-refractivity contribution in [2.24, 2.45) is 0 Å². The van der Waals surface area contributed by atoms with Crippen molar-refractivity contribution < 1.29 is 8.78 Å². The standard InChI is InChI=1S/C6H3F2.3CH3.Sn/c7-5-3-1-2-4-6(5)8;;;;/h1-3H;3*1H3;. The molecule has 0 fully saturated rings. The average Bonchev–Trinajstić information content (AvgIpc) is 1.92. The van der Waals surface area contributed by atoms with Crippen molar-refractivity contribution in [1.82, 2.24) is 0 Å². The fourth-order valence-electron chi connectivity index (χ4n) is 1.08. The van der Waals surface area contributed by atoms with Gasteiger partial charge in [0.2, 0.25) is 0 Å². The van der Waals surface area contributed by atoms with Gasteiger partial charge in [0, 0.05) is 0 Å². The monoisotopic (exact) mass is 278 g/mol. The first-order valence-corrected chi connectivity index (χ1v) is 13.9. The molecule has 3 heteroatoms. The molecule has 1 aromatic rings. The summed E-state index contributed by atoms with van der Waals surface area (Å²) in [6.07, 6.45) is 0. The van der Waals surface area contributed by atoms with Crippen LogP contribution in [0, 0.1) is 11.6 Å². The van der Waals surface area contributed by atoms with Crippen LogP contribution < -0.4 is 3.58 Å². The van der Waals surface area contributed by atoms with E-state index in [0.29, 0.717) is 3.58 Å². The SMILES string of the molecule is [CH3][Sn]([CH3])([CH3])[c]1cccc(F)c1F. The number of rotatable bonds is 1. The van der Waals surface area contributed by atoms with Crippen molar-refractivity contribution in [2.75, 3.05) is 0 Å². The van der Waals surface area contributed by atoms with Gasteiger partial charge in [-0.2, -0.15) is 0 Å². The maximum atomic E-state index is 13.2. The van der Waals surface area contributed by atoms with Crippen LogP contribution in [0.2, 0.25) is 14.8 Å². The zero-order chi connectivity index (χ0) is 9.35. The van der Waals surface area contributed by atoms with Gasteiger partial charge < -0.3 is 0 Å². The van der Waals surface area contributed by atoms with Crippen LogP contribution in [0.5, 0.6) is 0 Å². The van der Waals surface area contributed by atoms with E-state index in [1.165, 1.54) is 0 Å². The second kappa shape index (κ2) is 3.32. The van der Waals surface area contributed by atoms with Crippen LogP contribution in [-0.4, -0.2) is 18.4 Å². The first-order valence-electron chi connectivity index (χ1n) is 3.87. The Morgan fingerprint density at radius 3 is 2.08 bits per heavy atom. The van der Waals surface area contributed by atoms with Crippen molar-refractivity contribution >= 4 is 22.0 Å². The van der Waals surface area contributed by atoms with E-state index in [2.05, 4.69) is 14.8 Å². The molecule has 12 heavy (non-hydrogen) atoms. The fraction of sp³-hybridized carbons (Fsp3) is 0.333. The molecule has 0 amide bonds. The Morgan fingerprint density at radius 1 is 1.08 bits per heavy atom. The summed E-state index contributed by atoms with van der Waals surface area (Å²) in [6.45, 7) is 0. The van der Waals surface area contributed by atoms with E-state index in [1.54, 1.807) is 12.1 Å². The third-order valence-corrected chi connectivity index (χ3v) is 7.47.